The molecule has 2 N–H and O–H groups in total. The minimum Gasteiger partial charge on any atom is -0.462 e. The van der Waals surface area contributed by atoms with E-state index in [2.05, 4.69) is 15.3 Å². The fourth-order valence-corrected chi connectivity index (χ4v) is 3.10. The maximum atomic E-state index is 11.9. The number of carbonyl (C=O) groups is 1. The Morgan fingerprint density at radius 2 is 2.25 bits per heavy atom. The van der Waals surface area contributed by atoms with E-state index in [9.17, 15) is 4.79 Å². The molecule has 0 fully saturated rings. The maximum absolute atomic E-state index is 11.9. The summed E-state index contributed by atoms with van der Waals surface area (Å²) >= 11 is 7.09. The van der Waals surface area contributed by atoms with Gasteiger partial charge in [-0.05, 0) is 31.0 Å². The van der Waals surface area contributed by atoms with Gasteiger partial charge in [0.25, 0.3) is 0 Å². The second-order valence-electron chi connectivity index (χ2n) is 3.95. The van der Waals surface area contributed by atoms with Gasteiger partial charge in [0.15, 0.2) is 0 Å². The van der Waals surface area contributed by atoms with E-state index >= 15 is 0 Å². The monoisotopic (exact) mass is 315 g/mol. The van der Waals surface area contributed by atoms with Gasteiger partial charge in [-0.3, -0.25) is 0 Å². The highest BCUT2D eigenvalue weighted by atomic mass is 35.5. The van der Waals surface area contributed by atoms with E-state index < -0.39 is 0 Å². The van der Waals surface area contributed by atoms with Crippen molar-refractivity contribution in [3.63, 3.8) is 0 Å². The van der Waals surface area contributed by atoms with E-state index in [0.29, 0.717) is 28.7 Å². The number of thiophene rings is 1. The minimum absolute atomic E-state index is 0.0307. The number of aryl methyl sites for hydroxylation is 1. The van der Waals surface area contributed by atoms with Crippen LogP contribution in [0.25, 0.3) is 10.2 Å². The van der Waals surface area contributed by atoms with Crippen LogP contribution >= 0.6 is 22.9 Å². The number of anilines is 1. The normalized spacial score (nSPS) is 10.8. The van der Waals surface area contributed by atoms with Crippen LogP contribution in [-0.2, 0) is 4.74 Å². The van der Waals surface area contributed by atoms with Crippen molar-refractivity contribution in [1.29, 1.82) is 0 Å². The first-order chi connectivity index (χ1) is 9.58. The molecule has 0 saturated heterocycles. The SMILES string of the molecule is CCOC(=O)c1sc2nc(Cl)nc(NCCO)c2c1C. The van der Waals surface area contributed by atoms with E-state index in [1.54, 1.807) is 6.92 Å². The second kappa shape index (κ2) is 6.34. The molecule has 0 bridgehead atoms. The lowest BCUT2D eigenvalue weighted by Crippen LogP contribution is -2.08. The highest BCUT2D eigenvalue weighted by Gasteiger charge is 2.20. The number of esters is 1. The minimum atomic E-state index is -0.378. The number of hydrogen-bond donors (Lipinski definition) is 2. The van der Waals surface area contributed by atoms with Gasteiger partial charge in [0.1, 0.15) is 15.5 Å². The largest absolute Gasteiger partial charge is 0.462 e. The molecule has 0 aliphatic carbocycles. The summed E-state index contributed by atoms with van der Waals surface area (Å²) in [6.45, 7) is 4.19. The molecular weight excluding hydrogens is 302 g/mol. The summed E-state index contributed by atoms with van der Waals surface area (Å²) in [5, 5.41) is 12.7. The number of fused-ring (bicyclic) bond motifs is 1. The summed E-state index contributed by atoms with van der Waals surface area (Å²) in [7, 11) is 0. The molecule has 2 aromatic heterocycles. The molecule has 108 valence electrons. The van der Waals surface area contributed by atoms with Gasteiger partial charge in [-0.2, -0.15) is 0 Å². The third kappa shape index (κ3) is 2.84. The summed E-state index contributed by atoms with van der Waals surface area (Å²) < 4.78 is 5.02. The predicted octanol–water partition coefficient (Wildman–Crippen LogP) is 2.23. The fourth-order valence-electron chi connectivity index (χ4n) is 1.81. The summed E-state index contributed by atoms with van der Waals surface area (Å²) in [4.78, 5) is 21.2. The Morgan fingerprint density at radius 3 is 2.90 bits per heavy atom. The van der Waals surface area contributed by atoms with Crippen molar-refractivity contribution in [1.82, 2.24) is 9.97 Å². The van der Waals surface area contributed by atoms with Crippen LogP contribution in [0.1, 0.15) is 22.2 Å². The van der Waals surface area contributed by atoms with Crippen molar-refractivity contribution in [2.45, 2.75) is 13.8 Å². The van der Waals surface area contributed by atoms with Crippen LogP contribution in [0.4, 0.5) is 5.82 Å². The molecule has 6 nitrogen and oxygen atoms in total. The molecule has 2 aromatic rings. The highest BCUT2D eigenvalue weighted by molar-refractivity contribution is 7.20. The molecular formula is C12H14ClN3O3S. The Bertz CT molecular complexity index is 644. The molecule has 0 amide bonds. The number of nitrogens with one attached hydrogen (secondary N) is 1. The molecule has 0 atom stereocenters. The van der Waals surface area contributed by atoms with Crippen LogP contribution in [0.15, 0.2) is 0 Å². The number of aliphatic hydroxyl groups is 1. The Labute approximate surface area is 124 Å². The van der Waals surface area contributed by atoms with Crippen molar-refractivity contribution in [2.75, 3.05) is 25.1 Å². The third-order valence-corrected chi connectivity index (χ3v) is 3.96. The van der Waals surface area contributed by atoms with Crippen LogP contribution in [0.3, 0.4) is 0 Å². The number of aromatic nitrogens is 2. The molecule has 0 unspecified atom stereocenters. The number of carbonyl (C=O) groups excluding carboxylic acids is 1. The van der Waals surface area contributed by atoms with Gasteiger partial charge in [-0.25, -0.2) is 14.8 Å². The van der Waals surface area contributed by atoms with Crippen LogP contribution in [0.5, 0.6) is 0 Å². The van der Waals surface area contributed by atoms with Crippen LogP contribution < -0.4 is 5.32 Å². The number of hydrogen-bond acceptors (Lipinski definition) is 7. The highest BCUT2D eigenvalue weighted by Crippen LogP contribution is 2.34. The number of rotatable bonds is 5. The smallest absolute Gasteiger partial charge is 0.348 e. The molecule has 0 aliphatic rings. The van der Waals surface area contributed by atoms with E-state index in [4.69, 9.17) is 21.4 Å². The second-order valence-corrected chi connectivity index (χ2v) is 5.29. The molecule has 0 aliphatic heterocycles. The predicted molar refractivity (Wildman–Crippen MR) is 78.7 cm³/mol. The molecule has 20 heavy (non-hydrogen) atoms. The lowest BCUT2D eigenvalue weighted by molar-refractivity contribution is 0.0531. The van der Waals surface area contributed by atoms with Gasteiger partial charge in [-0.1, -0.05) is 0 Å². The van der Waals surface area contributed by atoms with Gasteiger partial charge in [-0.15, -0.1) is 11.3 Å². The molecule has 0 spiro atoms. The number of halogens is 1. The summed E-state index contributed by atoms with van der Waals surface area (Å²) in [5.41, 5.74) is 0.751. The lowest BCUT2D eigenvalue weighted by atomic mass is 10.2. The van der Waals surface area contributed by atoms with Crippen molar-refractivity contribution < 1.29 is 14.6 Å². The number of ether oxygens (including phenoxy) is 1. The van der Waals surface area contributed by atoms with Gasteiger partial charge >= 0.3 is 5.97 Å². The zero-order valence-corrected chi connectivity index (χ0v) is 12.6. The van der Waals surface area contributed by atoms with Crippen LogP contribution in [-0.4, -0.2) is 40.8 Å². The summed E-state index contributed by atoms with van der Waals surface area (Å²) in [5.74, 6) is 0.135. The van der Waals surface area contributed by atoms with Crippen molar-refractivity contribution >= 4 is 44.9 Å². The zero-order valence-electron chi connectivity index (χ0n) is 11.1. The quantitative estimate of drug-likeness (QED) is 0.650. The van der Waals surface area contributed by atoms with Gasteiger partial charge in [0, 0.05) is 6.54 Å². The number of nitrogens with zero attached hydrogens (tertiary/aromatic N) is 2. The fraction of sp³-hybridized carbons (Fsp3) is 0.417. The zero-order chi connectivity index (χ0) is 14.7. The van der Waals surface area contributed by atoms with E-state index in [-0.39, 0.29) is 17.9 Å². The van der Waals surface area contributed by atoms with Crippen molar-refractivity contribution in [2.24, 2.45) is 0 Å². The van der Waals surface area contributed by atoms with Crippen LogP contribution in [0, 0.1) is 6.92 Å². The van der Waals surface area contributed by atoms with Crippen LogP contribution in [0.2, 0.25) is 5.28 Å². The summed E-state index contributed by atoms with van der Waals surface area (Å²) in [6.07, 6.45) is 0. The van der Waals surface area contributed by atoms with E-state index in [0.717, 1.165) is 10.9 Å². The molecule has 8 heteroatoms. The first kappa shape index (κ1) is 15.0. The molecule has 0 radical (unpaired) electrons. The average Bonchev–Trinajstić information content (AvgIpc) is 2.73. The first-order valence-electron chi connectivity index (χ1n) is 6.07. The average molecular weight is 316 g/mol. The standard InChI is InChI=1S/C12H14ClN3O3S/c1-3-19-11(18)8-6(2)7-9(14-4-5-17)15-12(13)16-10(7)20-8/h17H,3-5H2,1-2H3,(H,14,15,16). The van der Waals surface area contributed by atoms with Gasteiger partial charge < -0.3 is 15.2 Å². The topological polar surface area (TPSA) is 84.3 Å². The van der Waals surface area contributed by atoms with E-state index in [1.165, 1.54) is 11.3 Å². The third-order valence-electron chi connectivity index (χ3n) is 2.63. The Hall–Kier alpha value is -1.44. The number of aliphatic hydroxyl groups excluding tert-OH is 1. The lowest BCUT2D eigenvalue weighted by Gasteiger charge is -2.06. The molecule has 2 rings (SSSR count). The molecule has 0 aromatic carbocycles. The first-order valence-corrected chi connectivity index (χ1v) is 7.26. The van der Waals surface area contributed by atoms with E-state index in [1.807, 2.05) is 6.92 Å². The van der Waals surface area contributed by atoms with Gasteiger partial charge in [0.05, 0.1) is 18.6 Å². The van der Waals surface area contributed by atoms with Crippen molar-refractivity contribution in [3.05, 3.63) is 15.7 Å². The molecule has 0 saturated carbocycles. The Balaban J connectivity index is 2.55. The Morgan fingerprint density at radius 1 is 1.50 bits per heavy atom. The van der Waals surface area contributed by atoms with Gasteiger partial charge in [0.2, 0.25) is 5.28 Å². The maximum Gasteiger partial charge on any atom is 0.348 e. The molecule has 2 heterocycles. The summed E-state index contributed by atoms with van der Waals surface area (Å²) in [6, 6.07) is 0. The Kier molecular flexibility index (Phi) is 4.74. The van der Waals surface area contributed by atoms with Crippen molar-refractivity contribution in [3.8, 4) is 0 Å².